The van der Waals surface area contributed by atoms with Crippen molar-refractivity contribution in [3.8, 4) is 11.3 Å². The van der Waals surface area contributed by atoms with E-state index in [1.54, 1.807) is 12.3 Å². The van der Waals surface area contributed by atoms with Gasteiger partial charge in [-0.1, -0.05) is 48.5 Å². The molecule has 1 N–H and O–H groups in total. The Kier molecular flexibility index (Phi) is 5.12. The zero-order valence-corrected chi connectivity index (χ0v) is 15.6. The number of nitrogens with zero attached hydrogens (tertiary/aromatic N) is 1. The van der Waals surface area contributed by atoms with E-state index in [1.165, 1.54) is 17.4 Å². The Labute approximate surface area is 165 Å². The molecule has 4 rings (SSSR count). The van der Waals surface area contributed by atoms with Crippen LogP contribution >= 0.6 is 11.3 Å². The van der Waals surface area contributed by atoms with Crippen LogP contribution in [0, 0.1) is 0 Å². The quantitative estimate of drug-likeness (QED) is 0.294. The van der Waals surface area contributed by atoms with E-state index in [9.17, 15) is 9.59 Å². The molecule has 5 nitrogen and oxygen atoms in total. The van der Waals surface area contributed by atoms with Crippen LogP contribution in [0.2, 0.25) is 0 Å². The highest BCUT2D eigenvalue weighted by Gasteiger charge is 2.20. The number of hydrogen-bond acceptors (Lipinski definition) is 5. The van der Waals surface area contributed by atoms with Gasteiger partial charge >= 0.3 is 5.97 Å². The van der Waals surface area contributed by atoms with E-state index in [2.05, 4.69) is 9.97 Å². The summed E-state index contributed by atoms with van der Waals surface area (Å²) in [4.78, 5) is 32.2. The second kappa shape index (κ2) is 8.02. The standard InChI is InChI=1S/C22H16N2O3S/c25-18(14-27-20(26)11-10-19-23-12-13-28-19)21-16-8-4-5-9-17(16)24-22(21)15-6-2-1-3-7-15/h1-13,24H,14H2. The van der Waals surface area contributed by atoms with Crippen molar-refractivity contribution in [2.45, 2.75) is 0 Å². The van der Waals surface area contributed by atoms with Crippen LogP contribution in [0.4, 0.5) is 0 Å². The minimum Gasteiger partial charge on any atom is -0.454 e. The number of para-hydroxylation sites is 1. The van der Waals surface area contributed by atoms with Crippen molar-refractivity contribution in [3.05, 3.63) is 82.8 Å². The second-order valence-corrected chi connectivity index (χ2v) is 6.95. The zero-order chi connectivity index (χ0) is 19.3. The van der Waals surface area contributed by atoms with E-state index in [1.807, 2.05) is 60.0 Å². The molecule has 0 bridgehead atoms. The molecule has 28 heavy (non-hydrogen) atoms. The van der Waals surface area contributed by atoms with Crippen molar-refractivity contribution < 1.29 is 14.3 Å². The van der Waals surface area contributed by atoms with Gasteiger partial charge in [0, 0.05) is 28.6 Å². The smallest absolute Gasteiger partial charge is 0.331 e. The molecule has 0 aliphatic carbocycles. The molecular formula is C22H16N2O3S. The molecule has 0 spiro atoms. The fourth-order valence-electron chi connectivity index (χ4n) is 2.97. The highest BCUT2D eigenvalue weighted by Crippen LogP contribution is 2.30. The van der Waals surface area contributed by atoms with Crippen molar-refractivity contribution in [1.82, 2.24) is 9.97 Å². The van der Waals surface area contributed by atoms with Crippen molar-refractivity contribution in [2.24, 2.45) is 0 Å². The number of ether oxygens (including phenoxy) is 1. The number of hydrogen-bond donors (Lipinski definition) is 1. The van der Waals surface area contributed by atoms with Gasteiger partial charge in [-0.3, -0.25) is 4.79 Å². The van der Waals surface area contributed by atoms with Crippen molar-refractivity contribution >= 4 is 40.1 Å². The number of rotatable bonds is 6. The average Bonchev–Trinajstić information content (AvgIpc) is 3.38. The molecule has 0 radical (unpaired) electrons. The van der Waals surface area contributed by atoms with Crippen LogP contribution in [-0.4, -0.2) is 28.3 Å². The minimum absolute atomic E-state index is 0.257. The van der Waals surface area contributed by atoms with Gasteiger partial charge in [0.05, 0.1) is 11.3 Å². The van der Waals surface area contributed by atoms with Crippen LogP contribution < -0.4 is 0 Å². The average molecular weight is 388 g/mol. The Morgan fingerprint density at radius 3 is 2.64 bits per heavy atom. The highest BCUT2D eigenvalue weighted by molar-refractivity contribution is 7.10. The summed E-state index contributed by atoms with van der Waals surface area (Å²) in [5.74, 6) is -0.836. The molecule has 6 heteroatoms. The molecule has 0 aliphatic rings. The largest absolute Gasteiger partial charge is 0.454 e. The van der Waals surface area contributed by atoms with E-state index in [-0.39, 0.29) is 12.4 Å². The summed E-state index contributed by atoms with van der Waals surface area (Å²) in [5, 5.41) is 3.32. The molecule has 138 valence electrons. The normalized spacial score (nSPS) is 11.1. The second-order valence-electron chi connectivity index (χ2n) is 6.02. The molecule has 0 aliphatic heterocycles. The highest BCUT2D eigenvalue weighted by atomic mass is 32.1. The summed E-state index contributed by atoms with van der Waals surface area (Å²) < 4.78 is 5.15. The lowest BCUT2D eigenvalue weighted by Crippen LogP contribution is -2.13. The fourth-order valence-corrected chi connectivity index (χ4v) is 3.50. The Balaban J connectivity index is 1.57. The van der Waals surface area contributed by atoms with Gasteiger partial charge in [-0.05, 0) is 17.7 Å². The topological polar surface area (TPSA) is 72.0 Å². The van der Waals surface area contributed by atoms with Crippen LogP contribution in [0.3, 0.4) is 0 Å². The molecule has 2 aromatic heterocycles. The number of carbonyl (C=O) groups is 2. The number of benzene rings is 2. The van der Waals surface area contributed by atoms with E-state index >= 15 is 0 Å². The van der Waals surface area contributed by atoms with Gasteiger partial charge in [-0.25, -0.2) is 9.78 Å². The lowest BCUT2D eigenvalue weighted by atomic mass is 10.0. The van der Waals surface area contributed by atoms with Crippen LogP contribution in [0.1, 0.15) is 15.4 Å². The fraction of sp³-hybridized carbons (Fsp3) is 0.0455. The molecule has 0 amide bonds. The number of thiazole rings is 1. The van der Waals surface area contributed by atoms with Gasteiger partial charge in [0.25, 0.3) is 0 Å². The van der Waals surface area contributed by atoms with Crippen molar-refractivity contribution in [3.63, 3.8) is 0 Å². The lowest BCUT2D eigenvalue weighted by molar-refractivity contribution is -0.136. The Bertz CT molecular complexity index is 1150. The van der Waals surface area contributed by atoms with E-state index < -0.39 is 5.97 Å². The Morgan fingerprint density at radius 2 is 1.86 bits per heavy atom. The molecule has 2 heterocycles. The monoisotopic (exact) mass is 388 g/mol. The summed E-state index contributed by atoms with van der Waals surface area (Å²) in [6.45, 7) is -0.331. The summed E-state index contributed by atoms with van der Waals surface area (Å²) in [6, 6.07) is 17.2. The van der Waals surface area contributed by atoms with Crippen molar-refractivity contribution in [2.75, 3.05) is 6.61 Å². The molecule has 2 aromatic carbocycles. The summed E-state index contributed by atoms with van der Waals surface area (Å²) in [7, 11) is 0. The Morgan fingerprint density at radius 1 is 1.07 bits per heavy atom. The van der Waals surface area contributed by atoms with Gasteiger partial charge in [-0.2, -0.15) is 0 Å². The van der Waals surface area contributed by atoms with E-state index in [4.69, 9.17) is 4.74 Å². The first-order valence-electron chi connectivity index (χ1n) is 8.66. The van der Waals surface area contributed by atoms with Gasteiger partial charge in [0.1, 0.15) is 5.01 Å². The molecular weight excluding hydrogens is 372 g/mol. The summed E-state index contributed by atoms with van der Waals surface area (Å²) in [5.41, 5.74) is 3.01. The first kappa shape index (κ1) is 17.9. The number of nitrogens with one attached hydrogen (secondary N) is 1. The number of aromatic amines is 1. The third-order valence-electron chi connectivity index (χ3n) is 4.21. The maximum absolute atomic E-state index is 12.9. The van der Waals surface area contributed by atoms with Gasteiger partial charge in [-0.15, -0.1) is 11.3 Å². The third kappa shape index (κ3) is 3.77. The number of esters is 1. The number of H-pyrrole nitrogens is 1. The first-order chi connectivity index (χ1) is 13.7. The maximum Gasteiger partial charge on any atom is 0.331 e. The van der Waals surface area contributed by atoms with Crippen LogP contribution in [-0.2, 0) is 9.53 Å². The lowest BCUT2D eigenvalue weighted by Gasteiger charge is -2.05. The van der Waals surface area contributed by atoms with Gasteiger partial charge < -0.3 is 9.72 Å². The zero-order valence-electron chi connectivity index (χ0n) is 14.8. The van der Waals surface area contributed by atoms with Crippen LogP contribution in [0.25, 0.3) is 28.2 Å². The third-order valence-corrected chi connectivity index (χ3v) is 4.95. The predicted octanol–water partition coefficient (Wildman–Crippen LogP) is 4.73. The number of carbonyl (C=O) groups excluding carboxylic acids is 2. The Hall–Kier alpha value is -3.51. The molecule has 0 fully saturated rings. The summed E-state index contributed by atoms with van der Waals surface area (Å²) in [6.07, 6.45) is 4.50. The first-order valence-corrected chi connectivity index (χ1v) is 9.54. The predicted molar refractivity (Wildman–Crippen MR) is 110 cm³/mol. The van der Waals surface area contributed by atoms with Crippen LogP contribution in [0.15, 0.2) is 72.3 Å². The number of Topliss-reactive ketones (excluding diaryl/α,β-unsaturated/α-hetero) is 1. The SMILES string of the molecule is O=C(C=Cc1nccs1)OCC(=O)c1c(-c2ccccc2)[nH]c2ccccc12. The minimum atomic E-state index is -0.579. The molecule has 0 unspecified atom stereocenters. The number of aromatic nitrogens is 2. The molecule has 4 aromatic rings. The number of ketones is 1. The molecule has 0 saturated heterocycles. The molecule has 0 saturated carbocycles. The van der Waals surface area contributed by atoms with Gasteiger partial charge in [0.2, 0.25) is 5.78 Å². The van der Waals surface area contributed by atoms with E-state index in [0.29, 0.717) is 10.6 Å². The number of fused-ring (bicyclic) bond motifs is 1. The summed E-state index contributed by atoms with van der Waals surface area (Å²) >= 11 is 1.41. The molecule has 0 atom stereocenters. The van der Waals surface area contributed by atoms with Crippen LogP contribution in [0.5, 0.6) is 0 Å². The maximum atomic E-state index is 12.9. The van der Waals surface area contributed by atoms with E-state index in [0.717, 1.165) is 22.2 Å². The van der Waals surface area contributed by atoms with Crippen molar-refractivity contribution in [1.29, 1.82) is 0 Å². The van der Waals surface area contributed by atoms with Gasteiger partial charge in [0.15, 0.2) is 6.61 Å².